The van der Waals surface area contributed by atoms with Gasteiger partial charge in [-0.1, -0.05) is 13.8 Å². The van der Waals surface area contributed by atoms with Crippen LogP contribution in [0.5, 0.6) is 0 Å². The van der Waals surface area contributed by atoms with E-state index in [1.165, 1.54) is 13.8 Å². The van der Waals surface area contributed by atoms with Gasteiger partial charge in [-0.25, -0.2) is 4.79 Å². The van der Waals surface area contributed by atoms with Crippen LogP contribution in [0.1, 0.15) is 47.0 Å². The molecule has 11 heteroatoms. The quantitative estimate of drug-likeness (QED) is 0.168. The molecule has 0 aliphatic rings. The number of amides is 3. The lowest BCUT2D eigenvalue weighted by Gasteiger charge is -2.27. The minimum absolute atomic E-state index is 0.305. The Balaban J connectivity index is 5.31. The second kappa shape index (κ2) is 13.1. The van der Waals surface area contributed by atoms with Crippen molar-refractivity contribution in [1.29, 1.82) is 0 Å². The van der Waals surface area contributed by atoms with Crippen molar-refractivity contribution in [3.8, 4) is 0 Å². The number of hydrogen-bond acceptors (Lipinski definition) is 7. The van der Waals surface area contributed by atoms with Crippen molar-refractivity contribution in [1.82, 2.24) is 16.0 Å². The highest BCUT2D eigenvalue weighted by Crippen LogP contribution is 2.07. The van der Waals surface area contributed by atoms with Crippen molar-refractivity contribution in [2.75, 3.05) is 6.54 Å². The van der Waals surface area contributed by atoms with Crippen molar-refractivity contribution < 1.29 is 29.4 Å². The molecule has 9 N–H and O–H groups in total. The number of aliphatic hydroxyl groups is 1. The lowest BCUT2D eigenvalue weighted by Crippen LogP contribution is -2.59. The summed E-state index contributed by atoms with van der Waals surface area (Å²) >= 11 is 0. The number of carbonyl (C=O) groups is 4. The zero-order valence-electron chi connectivity index (χ0n) is 17.5. The number of unbranched alkanes of at least 4 members (excludes halogenated alkanes) is 1. The molecule has 0 heterocycles. The summed E-state index contributed by atoms with van der Waals surface area (Å²) in [6, 6.07) is -4.31. The van der Waals surface area contributed by atoms with Crippen molar-refractivity contribution in [2.24, 2.45) is 17.4 Å². The van der Waals surface area contributed by atoms with Gasteiger partial charge in [-0.15, -0.1) is 0 Å². The van der Waals surface area contributed by atoms with Gasteiger partial charge in [0.25, 0.3) is 0 Å². The Bertz CT molecular complexity index is 567. The third kappa shape index (κ3) is 9.68. The highest BCUT2D eigenvalue weighted by Gasteiger charge is 2.32. The number of nitrogens with two attached hydrogens (primary N) is 2. The smallest absolute Gasteiger partial charge is 0.328 e. The largest absolute Gasteiger partial charge is 0.480 e. The molecule has 0 aliphatic carbocycles. The van der Waals surface area contributed by atoms with Gasteiger partial charge in [0, 0.05) is 0 Å². The SMILES string of the molecule is CC(N)C(=O)NC(CCCCN)C(=O)NC(C(=O)NC(C(=O)O)C(C)O)C(C)C. The van der Waals surface area contributed by atoms with E-state index < -0.39 is 54.0 Å². The van der Waals surface area contributed by atoms with E-state index in [9.17, 15) is 24.3 Å². The zero-order chi connectivity index (χ0) is 22.7. The van der Waals surface area contributed by atoms with Crippen molar-refractivity contribution >= 4 is 23.7 Å². The minimum atomic E-state index is -1.52. The Hall–Kier alpha value is -2.24. The molecule has 0 rings (SSSR count). The number of aliphatic hydroxyl groups excluding tert-OH is 1. The van der Waals surface area contributed by atoms with Crippen LogP contribution in [0.25, 0.3) is 0 Å². The Morgan fingerprint density at radius 1 is 0.862 bits per heavy atom. The average molecular weight is 418 g/mol. The van der Waals surface area contributed by atoms with E-state index >= 15 is 0 Å². The van der Waals surface area contributed by atoms with E-state index in [2.05, 4.69) is 16.0 Å². The molecule has 11 nitrogen and oxygen atoms in total. The van der Waals surface area contributed by atoms with Crippen LogP contribution in [0.3, 0.4) is 0 Å². The highest BCUT2D eigenvalue weighted by atomic mass is 16.4. The molecule has 0 saturated heterocycles. The van der Waals surface area contributed by atoms with Crippen molar-refractivity contribution in [3.63, 3.8) is 0 Å². The van der Waals surface area contributed by atoms with Crippen LogP contribution >= 0.6 is 0 Å². The maximum absolute atomic E-state index is 12.7. The molecule has 0 bridgehead atoms. The molecule has 5 unspecified atom stereocenters. The first-order chi connectivity index (χ1) is 13.4. The van der Waals surface area contributed by atoms with Crippen LogP contribution in [-0.2, 0) is 19.2 Å². The predicted molar refractivity (Wildman–Crippen MR) is 107 cm³/mol. The van der Waals surface area contributed by atoms with E-state index in [1.54, 1.807) is 13.8 Å². The molecule has 0 aromatic carbocycles. The molecular formula is C18H35N5O6. The Labute approximate surface area is 171 Å². The van der Waals surface area contributed by atoms with Gasteiger partial charge in [-0.05, 0) is 45.6 Å². The maximum atomic E-state index is 12.7. The van der Waals surface area contributed by atoms with E-state index in [-0.39, 0.29) is 5.92 Å². The number of carbonyl (C=O) groups excluding carboxylic acids is 3. The summed E-state index contributed by atoms with van der Waals surface area (Å²) in [5.41, 5.74) is 11.0. The molecule has 0 fully saturated rings. The fraction of sp³-hybridized carbons (Fsp3) is 0.778. The molecule has 0 spiro atoms. The topological polar surface area (TPSA) is 197 Å². The fourth-order valence-corrected chi connectivity index (χ4v) is 2.49. The summed E-state index contributed by atoms with van der Waals surface area (Å²) in [4.78, 5) is 48.4. The third-order valence-corrected chi connectivity index (χ3v) is 4.29. The Morgan fingerprint density at radius 2 is 1.41 bits per heavy atom. The van der Waals surface area contributed by atoms with E-state index in [4.69, 9.17) is 16.6 Å². The molecule has 0 saturated carbocycles. The van der Waals surface area contributed by atoms with Crippen LogP contribution in [-0.4, -0.2) is 70.7 Å². The summed E-state index contributed by atoms with van der Waals surface area (Å²) in [6.45, 7) is 6.50. The third-order valence-electron chi connectivity index (χ3n) is 4.29. The normalized spacial score (nSPS) is 16.3. The Morgan fingerprint density at radius 3 is 1.83 bits per heavy atom. The van der Waals surface area contributed by atoms with Gasteiger partial charge in [0.05, 0.1) is 12.1 Å². The summed E-state index contributed by atoms with van der Waals surface area (Å²) < 4.78 is 0. The molecule has 168 valence electrons. The molecule has 0 aromatic heterocycles. The number of hydrogen-bond donors (Lipinski definition) is 7. The first-order valence-corrected chi connectivity index (χ1v) is 9.69. The van der Waals surface area contributed by atoms with Gasteiger partial charge in [0.2, 0.25) is 17.7 Å². The van der Waals surface area contributed by atoms with Gasteiger partial charge in [0.1, 0.15) is 12.1 Å². The predicted octanol–water partition coefficient (Wildman–Crippen LogP) is -1.96. The van der Waals surface area contributed by atoms with Crippen molar-refractivity contribution in [2.45, 2.75) is 77.2 Å². The standard InChI is InChI=1S/C18H35N5O6/c1-9(2)13(17(27)23-14(11(4)24)18(28)29)22-16(26)12(7-5-6-8-19)21-15(25)10(3)20/h9-14,24H,5-8,19-20H2,1-4H3,(H,21,25)(H,22,26)(H,23,27)(H,28,29). The first kappa shape index (κ1) is 26.8. The maximum Gasteiger partial charge on any atom is 0.328 e. The molecule has 5 atom stereocenters. The number of nitrogens with one attached hydrogen (secondary N) is 3. The number of rotatable bonds is 13. The van der Waals surface area contributed by atoms with Crippen LogP contribution < -0.4 is 27.4 Å². The molecular weight excluding hydrogens is 382 g/mol. The van der Waals surface area contributed by atoms with Gasteiger partial charge in [-0.2, -0.15) is 0 Å². The molecule has 0 radical (unpaired) electrons. The second-order valence-electron chi connectivity index (χ2n) is 7.43. The first-order valence-electron chi connectivity index (χ1n) is 9.69. The van der Waals surface area contributed by atoms with Crippen LogP contribution in [0.2, 0.25) is 0 Å². The van der Waals surface area contributed by atoms with E-state index in [1.807, 2.05) is 0 Å². The number of carboxylic acids is 1. The van der Waals surface area contributed by atoms with E-state index in [0.29, 0.717) is 25.8 Å². The molecule has 3 amide bonds. The lowest BCUT2D eigenvalue weighted by molar-refractivity contribution is -0.145. The molecule has 29 heavy (non-hydrogen) atoms. The van der Waals surface area contributed by atoms with Crippen LogP contribution in [0, 0.1) is 5.92 Å². The van der Waals surface area contributed by atoms with Crippen molar-refractivity contribution in [3.05, 3.63) is 0 Å². The molecule has 0 aromatic rings. The fourth-order valence-electron chi connectivity index (χ4n) is 2.49. The van der Waals surface area contributed by atoms with Crippen LogP contribution in [0.4, 0.5) is 0 Å². The number of carboxylic acid groups (broad SMARTS) is 1. The van der Waals surface area contributed by atoms with Gasteiger partial charge < -0.3 is 37.6 Å². The average Bonchev–Trinajstić information content (AvgIpc) is 2.61. The van der Waals surface area contributed by atoms with Gasteiger partial charge >= 0.3 is 5.97 Å². The number of aliphatic carboxylic acids is 1. The van der Waals surface area contributed by atoms with Crippen LogP contribution in [0.15, 0.2) is 0 Å². The van der Waals surface area contributed by atoms with E-state index in [0.717, 1.165) is 0 Å². The highest BCUT2D eigenvalue weighted by molar-refractivity contribution is 5.94. The summed E-state index contributed by atoms with van der Waals surface area (Å²) in [5.74, 6) is -3.62. The Kier molecular flexibility index (Phi) is 12.1. The summed E-state index contributed by atoms with van der Waals surface area (Å²) in [5, 5.41) is 26.0. The monoisotopic (exact) mass is 417 g/mol. The van der Waals surface area contributed by atoms with Gasteiger partial charge in [-0.3, -0.25) is 14.4 Å². The summed E-state index contributed by atoms with van der Waals surface area (Å²) in [6.07, 6.45) is 0.212. The summed E-state index contributed by atoms with van der Waals surface area (Å²) in [7, 11) is 0. The molecule has 0 aliphatic heterocycles. The second-order valence-corrected chi connectivity index (χ2v) is 7.43. The lowest BCUT2D eigenvalue weighted by atomic mass is 10.0. The minimum Gasteiger partial charge on any atom is -0.480 e. The zero-order valence-corrected chi connectivity index (χ0v) is 17.5. The van der Waals surface area contributed by atoms with Gasteiger partial charge in [0.15, 0.2) is 6.04 Å².